The minimum atomic E-state index is -0.343. The maximum absolute atomic E-state index is 13.0. The Hall–Kier alpha value is -2.03. The fourth-order valence-corrected chi connectivity index (χ4v) is 3.63. The summed E-state index contributed by atoms with van der Waals surface area (Å²) in [6, 6.07) is 5.11. The Labute approximate surface area is 163 Å². The average Bonchev–Trinajstić information content (AvgIpc) is 2.92. The molecule has 2 rings (SSSR count). The Morgan fingerprint density at radius 3 is 2.48 bits per heavy atom. The van der Waals surface area contributed by atoms with Gasteiger partial charge in [0, 0.05) is 25.5 Å². The van der Waals surface area contributed by atoms with Crippen molar-refractivity contribution in [3.8, 4) is 11.5 Å². The van der Waals surface area contributed by atoms with Gasteiger partial charge in [0.15, 0.2) is 11.5 Å². The van der Waals surface area contributed by atoms with E-state index in [0.717, 1.165) is 0 Å². The van der Waals surface area contributed by atoms with Gasteiger partial charge in [-0.1, -0.05) is 6.07 Å². The number of hydrogen-bond donors (Lipinski definition) is 1. The molecule has 0 aromatic heterocycles. The summed E-state index contributed by atoms with van der Waals surface area (Å²) in [4.78, 5) is 27.3. The summed E-state index contributed by atoms with van der Waals surface area (Å²) < 4.78 is 15.8. The van der Waals surface area contributed by atoms with Crippen LogP contribution in [0, 0.1) is 0 Å². The van der Waals surface area contributed by atoms with E-state index >= 15 is 0 Å². The number of carbonyl (C=O) groups excluding carboxylic acids is 2. The molecule has 0 radical (unpaired) electrons. The second-order valence-electron chi connectivity index (χ2n) is 5.66. The van der Waals surface area contributed by atoms with Crippen LogP contribution in [0.2, 0.25) is 0 Å². The van der Waals surface area contributed by atoms with Crippen LogP contribution in [0.4, 0.5) is 0 Å². The normalized spacial score (nSPS) is 14.3. The maximum atomic E-state index is 13.0. The van der Waals surface area contributed by atoms with Crippen LogP contribution in [0.5, 0.6) is 11.5 Å². The molecule has 1 aliphatic rings. The number of aliphatic hydroxyl groups is 1. The Kier molecular flexibility index (Phi) is 8.15. The van der Waals surface area contributed by atoms with Gasteiger partial charge in [0.05, 0.1) is 31.3 Å². The first-order valence-corrected chi connectivity index (χ1v) is 9.71. The number of ether oxygens (including phenoxy) is 3. The van der Waals surface area contributed by atoms with E-state index in [1.165, 1.54) is 30.9 Å². The zero-order valence-corrected chi connectivity index (χ0v) is 16.6. The van der Waals surface area contributed by atoms with Crippen molar-refractivity contribution in [3.05, 3.63) is 28.7 Å². The fraction of sp³-hybridized carbons (Fsp3) is 0.474. The number of methoxy groups -OCH3 is 2. The van der Waals surface area contributed by atoms with Gasteiger partial charge in [0.2, 0.25) is 0 Å². The van der Waals surface area contributed by atoms with Crippen molar-refractivity contribution in [1.82, 2.24) is 4.90 Å². The summed E-state index contributed by atoms with van der Waals surface area (Å²) in [6.45, 7) is 3.18. The standard InChI is InChI=1S/C19H25NO6S/c1-4-26-10-5-8-20-18(22)16(17(19(20)23)27-11-9-21)13-6-7-14(24-2)15(12-13)25-3/h6-7,12,21H,4-5,8-11H2,1-3H3. The maximum Gasteiger partial charge on any atom is 0.267 e. The first-order valence-electron chi connectivity index (χ1n) is 8.73. The van der Waals surface area contributed by atoms with E-state index in [0.29, 0.717) is 52.9 Å². The number of hydrogen-bond acceptors (Lipinski definition) is 7. The van der Waals surface area contributed by atoms with Crippen molar-refractivity contribution in [2.75, 3.05) is 46.3 Å². The molecule has 7 nitrogen and oxygen atoms in total. The van der Waals surface area contributed by atoms with E-state index in [9.17, 15) is 9.59 Å². The molecule has 1 N–H and O–H groups in total. The predicted molar refractivity (Wildman–Crippen MR) is 104 cm³/mol. The molecule has 27 heavy (non-hydrogen) atoms. The lowest BCUT2D eigenvalue weighted by molar-refractivity contribution is -0.136. The third kappa shape index (κ3) is 4.82. The summed E-state index contributed by atoms with van der Waals surface area (Å²) >= 11 is 1.18. The second-order valence-corrected chi connectivity index (χ2v) is 6.76. The SMILES string of the molecule is CCOCCCN1C(=O)C(SCCO)=C(c2ccc(OC)c(OC)c2)C1=O. The zero-order chi connectivity index (χ0) is 19.8. The number of benzene rings is 1. The molecule has 0 aliphatic carbocycles. The number of amides is 2. The molecule has 0 saturated heterocycles. The van der Waals surface area contributed by atoms with Crippen LogP contribution < -0.4 is 9.47 Å². The Morgan fingerprint density at radius 1 is 1.11 bits per heavy atom. The van der Waals surface area contributed by atoms with Crippen LogP contribution in [0.1, 0.15) is 18.9 Å². The second kappa shape index (κ2) is 10.3. The van der Waals surface area contributed by atoms with Crippen LogP contribution in [0.3, 0.4) is 0 Å². The first-order chi connectivity index (χ1) is 13.1. The number of thioether (sulfide) groups is 1. The molecule has 0 unspecified atom stereocenters. The van der Waals surface area contributed by atoms with Crippen LogP contribution in [-0.4, -0.2) is 68.2 Å². The smallest absolute Gasteiger partial charge is 0.267 e. The highest BCUT2D eigenvalue weighted by Crippen LogP contribution is 2.39. The summed E-state index contributed by atoms with van der Waals surface area (Å²) in [5, 5.41) is 9.15. The molecule has 2 amide bonds. The Morgan fingerprint density at radius 2 is 1.85 bits per heavy atom. The molecular weight excluding hydrogens is 370 g/mol. The van der Waals surface area contributed by atoms with Gasteiger partial charge in [-0.2, -0.15) is 0 Å². The third-order valence-corrected chi connectivity index (χ3v) is 5.06. The lowest BCUT2D eigenvalue weighted by Crippen LogP contribution is -2.33. The van der Waals surface area contributed by atoms with Crippen LogP contribution in [0.25, 0.3) is 5.57 Å². The number of carbonyl (C=O) groups is 2. The van der Waals surface area contributed by atoms with E-state index in [1.807, 2.05) is 6.92 Å². The fourth-order valence-electron chi connectivity index (χ4n) is 2.75. The van der Waals surface area contributed by atoms with Crippen molar-refractivity contribution in [2.24, 2.45) is 0 Å². The molecule has 0 bridgehead atoms. The number of rotatable bonds is 11. The molecule has 0 saturated carbocycles. The molecule has 1 heterocycles. The zero-order valence-electron chi connectivity index (χ0n) is 15.8. The molecule has 1 aromatic carbocycles. The molecule has 0 spiro atoms. The number of imide groups is 1. The van der Waals surface area contributed by atoms with Crippen LogP contribution in [-0.2, 0) is 14.3 Å². The van der Waals surface area contributed by atoms with E-state index in [1.54, 1.807) is 18.2 Å². The van der Waals surface area contributed by atoms with Crippen molar-refractivity contribution >= 4 is 29.1 Å². The summed E-state index contributed by atoms with van der Waals surface area (Å²) in [5.41, 5.74) is 0.912. The summed E-state index contributed by atoms with van der Waals surface area (Å²) in [5.74, 6) is 0.669. The molecule has 0 atom stereocenters. The highest BCUT2D eigenvalue weighted by Gasteiger charge is 2.38. The quantitative estimate of drug-likeness (QED) is 0.453. The van der Waals surface area contributed by atoms with Gasteiger partial charge in [-0.3, -0.25) is 14.5 Å². The van der Waals surface area contributed by atoms with Crippen LogP contribution >= 0.6 is 11.8 Å². The highest BCUT2D eigenvalue weighted by molar-refractivity contribution is 8.04. The van der Waals surface area contributed by atoms with Crippen molar-refractivity contribution < 1.29 is 28.9 Å². The van der Waals surface area contributed by atoms with Crippen molar-refractivity contribution in [3.63, 3.8) is 0 Å². The monoisotopic (exact) mass is 395 g/mol. The van der Waals surface area contributed by atoms with Crippen molar-refractivity contribution in [2.45, 2.75) is 13.3 Å². The third-order valence-electron chi connectivity index (χ3n) is 4.01. The van der Waals surface area contributed by atoms with E-state index in [4.69, 9.17) is 19.3 Å². The van der Waals surface area contributed by atoms with Gasteiger partial charge in [0.1, 0.15) is 0 Å². The van der Waals surface area contributed by atoms with Gasteiger partial charge >= 0.3 is 0 Å². The van der Waals surface area contributed by atoms with Crippen LogP contribution in [0.15, 0.2) is 23.1 Å². The van der Waals surface area contributed by atoms with Gasteiger partial charge in [0.25, 0.3) is 11.8 Å². The summed E-state index contributed by atoms with van der Waals surface area (Å²) in [6.07, 6.45) is 0.572. The van der Waals surface area contributed by atoms with E-state index < -0.39 is 0 Å². The van der Waals surface area contributed by atoms with Gasteiger partial charge < -0.3 is 19.3 Å². The lowest BCUT2D eigenvalue weighted by atomic mass is 10.1. The largest absolute Gasteiger partial charge is 0.493 e. The Balaban J connectivity index is 2.35. The Bertz CT molecular complexity index is 718. The minimum Gasteiger partial charge on any atom is -0.493 e. The highest BCUT2D eigenvalue weighted by atomic mass is 32.2. The number of nitrogens with zero attached hydrogens (tertiary/aromatic N) is 1. The first kappa shape index (κ1) is 21.3. The van der Waals surface area contributed by atoms with Crippen molar-refractivity contribution in [1.29, 1.82) is 0 Å². The van der Waals surface area contributed by atoms with Gasteiger partial charge in [-0.05, 0) is 31.0 Å². The van der Waals surface area contributed by atoms with E-state index in [-0.39, 0.29) is 25.0 Å². The molecule has 1 aromatic rings. The van der Waals surface area contributed by atoms with E-state index in [2.05, 4.69) is 0 Å². The molecule has 148 valence electrons. The predicted octanol–water partition coefficient (Wildman–Crippen LogP) is 1.94. The summed E-state index contributed by atoms with van der Waals surface area (Å²) in [7, 11) is 3.04. The minimum absolute atomic E-state index is 0.0841. The number of aliphatic hydroxyl groups excluding tert-OH is 1. The topological polar surface area (TPSA) is 85.3 Å². The molecule has 0 fully saturated rings. The average molecular weight is 395 g/mol. The van der Waals surface area contributed by atoms with Gasteiger partial charge in [-0.15, -0.1) is 11.8 Å². The molecular formula is C19H25NO6S. The molecule has 8 heteroatoms. The van der Waals surface area contributed by atoms with Gasteiger partial charge in [-0.25, -0.2) is 0 Å². The lowest BCUT2D eigenvalue weighted by Gasteiger charge is -2.15. The molecule has 1 aliphatic heterocycles.